The number of fused-ring (bicyclic) bond motifs is 1. The smallest absolute Gasteiger partial charge is 0.159 e. The first-order valence-electron chi connectivity index (χ1n) is 13.7. The number of hydrogen-bond donors (Lipinski definition) is 6. The van der Waals surface area contributed by atoms with E-state index in [0.717, 1.165) is 29.7 Å². The maximum atomic E-state index is 14.6. The number of benzene rings is 2. The third kappa shape index (κ3) is 8.64. The highest BCUT2D eigenvalue weighted by Crippen LogP contribution is 2.32. The number of hydrogen-bond acceptors (Lipinski definition) is 9. The molecule has 2 aromatic carbocycles. The molecule has 11 nitrogen and oxygen atoms in total. The minimum atomic E-state index is -0.383. The van der Waals surface area contributed by atoms with E-state index in [4.69, 9.17) is 22.0 Å². The van der Waals surface area contributed by atoms with E-state index in [1.165, 1.54) is 37.2 Å². The van der Waals surface area contributed by atoms with Gasteiger partial charge in [-0.25, -0.2) is 25.7 Å². The molecule has 2 aromatic heterocycles. The van der Waals surface area contributed by atoms with Crippen molar-refractivity contribution in [1.82, 2.24) is 20.5 Å². The van der Waals surface area contributed by atoms with Crippen LogP contribution in [-0.2, 0) is 0 Å². The standard InChI is InChI=1S/C21H20FN5O.C7H16N4.C2H5N/c1-12-3-6-18(13(2)7-12)28-11-27-17-5-4-14(8-16(17)22)15-9-24-21-19(15)20(23)25-10-26-21;8-7(10-11-9)6-4-2-1-3-5-6;1-3-2/h3-10,27H,11H2,1-2H3,(H3,23,24,25,26);6,11H,1-5,9H2,(H2,8,10);1H2,2H3. The Labute approximate surface area is 245 Å². The fraction of sp³-hybridized carbons (Fsp3) is 0.333. The molecule has 12 heteroatoms. The summed E-state index contributed by atoms with van der Waals surface area (Å²) in [5, 5.41) is 7.42. The van der Waals surface area contributed by atoms with Crippen LogP contribution in [0.2, 0.25) is 0 Å². The monoisotopic (exact) mass is 576 g/mol. The number of anilines is 2. The molecule has 4 aromatic rings. The van der Waals surface area contributed by atoms with Crippen LogP contribution in [0.4, 0.5) is 15.9 Å². The van der Waals surface area contributed by atoms with E-state index in [0.29, 0.717) is 39.9 Å². The van der Waals surface area contributed by atoms with Crippen LogP contribution in [0.1, 0.15) is 43.2 Å². The van der Waals surface area contributed by atoms with Crippen molar-refractivity contribution in [1.29, 1.82) is 0 Å². The van der Waals surface area contributed by atoms with E-state index in [9.17, 15) is 4.39 Å². The Morgan fingerprint density at radius 1 is 1.14 bits per heavy atom. The fourth-order valence-corrected chi connectivity index (χ4v) is 4.76. The highest BCUT2D eigenvalue weighted by molar-refractivity contribution is 6.00. The molecule has 1 aliphatic rings. The number of nitrogens with one attached hydrogen (secondary N) is 3. The Bertz CT molecular complexity index is 1480. The molecule has 0 amide bonds. The second-order valence-electron chi connectivity index (χ2n) is 9.93. The lowest BCUT2D eigenvalue weighted by Crippen LogP contribution is -2.30. The molecule has 0 radical (unpaired) electrons. The van der Waals surface area contributed by atoms with Crippen molar-refractivity contribution >= 4 is 35.1 Å². The van der Waals surface area contributed by atoms with Crippen LogP contribution >= 0.6 is 0 Å². The Morgan fingerprint density at radius 2 is 1.88 bits per heavy atom. The number of H-pyrrole nitrogens is 1. The molecule has 1 aliphatic carbocycles. The molecule has 1 saturated carbocycles. The molecular formula is C30H41FN10O. The van der Waals surface area contributed by atoms with E-state index in [-0.39, 0.29) is 12.5 Å². The van der Waals surface area contributed by atoms with E-state index < -0.39 is 0 Å². The van der Waals surface area contributed by atoms with Crippen LogP contribution < -0.4 is 32.9 Å². The van der Waals surface area contributed by atoms with Crippen LogP contribution in [0.3, 0.4) is 0 Å². The van der Waals surface area contributed by atoms with Gasteiger partial charge in [-0.05, 0) is 62.7 Å². The van der Waals surface area contributed by atoms with Crippen molar-refractivity contribution in [2.75, 3.05) is 24.8 Å². The van der Waals surface area contributed by atoms with Gasteiger partial charge in [-0.2, -0.15) is 5.10 Å². The van der Waals surface area contributed by atoms with Crippen molar-refractivity contribution in [3.8, 4) is 16.9 Å². The first-order chi connectivity index (χ1) is 20.3. The van der Waals surface area contributed by atoms with Crippen LogP contribution in [-0.4, -0.2) is 41.3 Å². The lowest BCUT2D eigenvalue weighted by Gasteiger charge is -2.20. The average molecular weight is 577 g/mol. The molecule has 42 heavy (non-hydrogen) atoms. The molecule has 0 aliphatic heterocycles. The molecular weight excluding hydrogens is 535 g/mol. The number of hydrazine groups is 1. The summed E-state index contributed by atoms with van der Waals surface area (Å²) in [6, 6.07) is 10.9. The zero-order chi connectivity index (χ0) is 30.5. The van der Waals surface area contributed by atoms with Crippen LogP contribution in [0, 0.1) is 25.6 Å². The number of aliphatic imine (C=N–C) groups is 1. The predicted octanol–water partition coefficient (Wildman–Crippen LogP) is 5.03. The largest absolute Gasteiger partial charge is 0.473 e. The van der Waals surface area contributed by atoms with Crippen molar-refractivity contribution in [2.45, 2.75) is 46.0 Å². The summed E-state index contributed by atoms with van der Waals surface area (Å²) in [6.45, 7) is 7.28. The van der Waals surface area contributed by atoms with Gasteiger partial charge in [-0.1, -0.05) is 43.0 Å². The van der Waals surface area contributed by atoms with Gasteiger partial charge in [0.15, 0.2) is 6.73 Å². The number of nitrogen functional groups attached to an aromatic ring is 1. The van der Waals surface area contributed by atoms with E-state index >= 15 is 0 Å². The summed E-state index contributed by atoms with van der Waals surface area (Å²) in [6.07, 6.45) is 9.34. The zero-order valence-electron chi connectivity index (χ0n) is 24.5. The van der Waals surface area contributed by atoms with Gasteiger partial charge in [0.05, 0.1) is 11.1 Å². The lowest BCUT2D eigenvalue weighted by atomic mass is 9.89. The third-order valence-corrected chi connectivity index (χ3v) is 6.82. The summed E-state index contributed by atoms with van der Waals surface area (Å²) in [4.78, 5) is 14.4. The summed E-state index contributed by atoms with van der Waals surface area (Å²) in [5.41, 5.74) is 18.5. The number of ether oxygens (including phenoxy) is 1. The predicted molar refractivity (Wildman–Crippen MR) is 170 cm³/mol. The van der Waals surface area contributed by atoms with Gasteiger partial charge in [0, 0.05) is 24.7 Å². The van der Waals surface area contributed by atoms with E-state index in [1.807, 2.05) is 38.1 Å². The number of amidine groups is 1. The topological polar surface area (TPSA) is 178 Å². The van der Waals surface area contributed by atoms with Crippen molar-refractivity contribution in [3.63, 3.8) is 0 Å². The Hall–Kier alpha value is -4.71. The Balaban J connectivity index is 0.000000288. The van der Waals surface area contributed by atoms with Gasteiger partial charge in [0.2, 0.25) is 0 Å². The normalized spacial score (nSPS) is 13.3. The minimum absolute atomic E-state index is 0.161. The molecule has 0 bridgehead atoms. The van der Waals surface area contributed by atoms with E-state index in [1.54, 1.807) is 19.3 Å². The fourth-order valence-electron chi connectivity index (χ4n) is 4.76. The third-order valence-electron chi connectivity index (χ3n) is 6.82. The molecule has 9 N–H and O–H groups in total. The summed E-state index contributed by atoms with van der Waals surface area (Å²) in [5.74, 6) is 6.87. The number of aromatic amines is 1. The van der Waals surface area contributed by atoms with Gasteiger partial charge in [0.25, 0.3) is 0 Å². The number of halogens is 1. The van der Waals surface area contributed by atoms with Gasteiger partial charge in [0.1, 0.15) is 35.2 Å². The lowest BCUT2D eigenvalue weighted by molar-refractivity contribution is 0.343. The van der Waals surface area contributed by atoms with E-state index in [2.05, 4.69) is 42.6 Å². The molecule has 1 fully saturated rings. The maximum Gasteiger partial charge on any atom is 0.159 e. The number of rotatable bonds is 7. The quantitative estimate of drug-likeness (QED) is 0.0583. The zero-order valence-corrected chi connectivity index (χ0v) is 24.5. The number of aromatic nitrogens is 3. The average Bonchev–Trinajstić information content (AvgIpc) is 3.42. The van der Waals surface area contributed by atoms with Crippen molar-refractivity contribution in [3.05, 3.63) is 65.9 Å². The van der Waals surface area contributed by atoms with Crippen molar-refractivity contribution in [2.24, 2.45) is 27.6 Å². The highest BCUT2D eigenvalue weighted by Gasteiger charge is 2.16. The molecule has 0 unspecified atom stereocenters. The Kier molecular flexibility index (Phi) is 12.1. The molecule has 224 valence electrons. The number of aryl methyl sites for hydroxylation is 2. The maximum absolute atomic E-state index is 14.6. The van der Waals surface area contributed by atoms with Crippen molar-refractivity contribution < 1.29 is 9.13 Å². The summed E-state index contributed by atoms with van der Waals surface area (Å²) < 4.78 is 20.3. The minimum Gasteiger partial charge on any atom is -0.473 e. The Morgan fingerprint density at radius 3 is 2.55 bits per heavy atom. The number of hydrazone groups is 1. The molecule has 5 rings (SSSR count). The van der Waals surface area contributed by atoms with Gasteiger partial charge in [-0.3, -0.25) is 0 Å². The highest BCUT2D eigenvalue weighted by atomic mass is 19.1. The number of nitrogens with two attached hydrogens (primary N) is 3. The first-order valence-corrected chi connectivity index (χ1v) is 13.7. The first kappa shape index (κ1) is 31.8. The second kappa shape index (κ2) is 15.9. The van der Waals surface area contributed by atoms with Crippen LogP contribution in [0.5, 0.6) is 5.75 Å². The van der Waals surface area contributed by atoms with Gasteiger partial charge < -0.3 is 31.5 Å². The van der Waals surface area contributed by atoms with Gasteiger partial charge >= 0.3 is 0 Å². The molecule has 0 spiro atoms. The van der Waals surface area contributed by atoms with Crippen LogP contribution in [0.25, 0.3) is 22.2 Å². The van der Waals surface area contributed by atoms with Gasteiger partial charge in [-0.15, -0.1) is 0 Å². The summed E-state index contributed by atoms with van der Waals surface area (Å²) in [7, 11) is 1.64. The molecule has 0 atom stereocenters. The second-order valence-corrected chi connectivity index (χ2v) is 9.93. The molecule has 0 saturated heterocycles. The summed E-state index contributed by atoms with van der Waals surface area (Å²) >= 11 is 0. The number of nitrogens with zero attached hydrogens (tertiary/aromatic N) is 4. The molecule has 2 heterocycles. The SMILES string of the molecule is C=NC.Cc1ccc(OCNc2ccc(-c3c[nH]c4ncnc(N)c34)cc2F)c(C)c1.NN/N=C(\N)C1CCCCC1. The van der Waals surface area contributed by atoms with Crippen LogP contribution in [0.15, 0.2) is 59.0 Å².